The zero-order valence-electron chi connectivity index (χ0n) is 15.1. The first-order valence-corrected chi connectivity index (χ1v) is 9.76. The van der Waals surface area contributed by atoms with Crippen molar-refractivity contribution >= 4 is 11.8 Å². The Morgan fingerprint density at radius 2 is 1.56 bits per heavy atom. The van der Waals surface area contributed by atoms with Gasteiger partial charge in [0.25, 0.3) is 5.22 Å². The van der Waals surface area contributed by atoms with Crippen molar-refractivity contribution in [1.82, 2.24) is 15.1 Å². The van der Waals surface area contributed by atoms with Crippen LogP contribution in [0.2, 0.25) is 0 Å². The number of benzene rings is 2. The maximum absolute atomic E-state index is 6.10. The molecule has 0 radical (unpaired) electrons. The van der Waals surface area contributed by atoms with Crippen LogP contribution in [0.4, 0.5) is 0 Å². The van der Waals surface area contributed by atoms with E-state index in [1.165, 1.54) is 11.8 Å². The van der Waals surface area contributed by atoms with Gasteiger partial charge in [0.15, 0.2) is 11.6 Å². The van der Waals surface area contributed by atoms with Crippen molar-refractivity contribution in [3.63, 3.8) is 0 Å². The molecular formula is C21H19N3O2S. The van der Waals surface area contributed by atoms with Gasteiger partial charge in [-0.3, -0.25) is 0 Å². The molecule has 2 heterocycles. The summed E-state index contributed by atoms with van der Waals surface area (Å²) in [6, 6.07) is 20.1. The van der Waals surface area contributed by atoms with E-state index in [9.17, 15) is 0 Å². The highest BCUT2D eigenvalue weighted by molar-refractivity contribution is 7.98. The highest BCUT2D eigenvalue weighted by Gasteiger charge is 2.18. The quantitative estimate of drug-likeness (QED) is 0.395. The Morgan fingerprint density at radius 1 is 0.889 bits per heavy atom. The van der Waals surface area contributed by atoms with E-state index in [4.69, 9.17) is 13.9 Å². The summed E-state index contributed by atoms with van der Waals surface area (Å²) in [6.45, 7) is 4.05. The monoisotopic (exact) mass is 377 g/mol. The summed E-state index contributed by atoms with van der Waals surface area (Å²) in [4.78, 5) is 9.13. The van der Waals surface area contributed by atoms with Crippen molar-refractivity contribution in [2.75, 3.05) is 0 Å². The maximum Gasteiger partial charge on any atom is 0.257 e. The Morgan fingerprint density at radius 3 is 2.19 bits per heavy atom. The van der Waals surface area contributed by atoms with E-state index in [2.05, 4.69) is 10.1 Å². The summed E-state index contributed by atoms with van der Waals surface area (Å²) in [7, 11) is 0. The van der Waals surface area contributed by atoms with Gasteiger partial charge in [-0.1, -0.05) is 91.4 Å². The van der Waals surface area contributed by atoms with Crippen LogP contribution in [-0.4, -0.2) is 15.1 Å². The summed E-state index contributed by atoms with van der Waals surface area (Å²) in [5.74, 6) is 2.81. The van der Waals surface area contributed by atoms with Crippen LogP contribution < -0.4 is 0 Å². The van der Waals surface area contributed by atoms with E-state index in [0.29, 0.717) is 22.7 Å². The Hall–Kier alpha value is -2.86. The third kappa shape index (κ3) is 3.95. The van der Waals surface area contributed by atoms with Crippen LogP contribution in [0.25, 0.3) is 22.6 Å². The van der Waals surface area contributed by atoms with Gasteiger partial charge in [-0.2, -0.15) is 4.98 Å². The second-order valence-corrected chi connectivity index (χ2v) is 7.31. The largest absolute Gasteiger partial charge is 0.431 e. The minimum Gasteiger partial charge on any atom is -0.431 e. The zero-order chi connectivity index (χ0) is 18.6. The van der Waals surface area contributed by atoms with Crippen LogP contribution in [0.5, 0.6) is 0 Å². The van der Waals surface area contributed by atoms with Crippen molar-refractivity contribution in [3.8, 4) is 22.6 Å². The van der Waals surface area contributed by atoms with E-state index in [1.807, 2.05) is 74.5 Å². The predicted molar refractivity (Wildman–Crippen MR) is 105 cm³/mol. The van der Waals surface area contributed by atoms with Crippen molar-refractivity contribution in [1.29, 1.82) is 0 Å². The Balaban J connectivity index is 1.62. The van der Waals surface area contributed by atoms with Crippen molar-refractivity contribution in [2.24, 2.45) is 0 Å². The SMILES string of the molecule is CC(C)c1nc(CSc2nc(-c3ccccc3)c(-c3ccccc3)o2)no1. The van der Waals surface area contributed by atoms with Gasteiger partial charge in [0.2, 0.25) is 5.89 Å². The van der Waals surface area contributed by atoms with E-state index in [0.717, 1.165) is 22.6 Å². The van der Waals surface area contributed by atoms with Crippen LogP contribution >= 0.6 is 11.8 Å². The molecular weight excluding hydrogens is 358 g/mol. The van der Waals surface area contributed by atoms with Gasteiger partial charge < -0.3 is 8.94 Å². The first-order valence-electron chi connectivity index (χ1n) is 8.77. The number of oxazole rings is 1. The molecule has 6 heteroatoms. The molecule has 136 valence electrons. The lowest BCUT2D eigenvalue weighted by Crippen LogP contribution is -1.88. The topological polar surface area (TPSA) is 65.0 Å². The highest BCUT2D eigenvalue weighted by atomic mass is 32.2. The number of hydrogen-bond acceptors (Lipinski definition) is 6. The standard InChI is InChI=1S/C21H19N3O2S/c1-14(2)20-22-17(24-26-20)13-27-21-23-18(15-9-5-3-6-10-15)19(25-21)16-11-7-4-8-12-16/h3-12,14H,13H2,1-2H3. The van der Waals surface area contributed by atoms with Crippen molar-refractivity contribution in [2.45, 2.75) is 30.7 Å². The molecule has 0 aliphatic carbocycles. The normalized spacial score (nSPS) is 11.2. The van der Waals surface area contributed by atoms with Gasteiger partial charge in [-0.05, 0) is 0 Å². The summed E-state index contributed by atoms with van der Waals surface area (Å²) in [6.07, 6.45) is 0. The molecule has 0 aliphatic heterocycles. The fraction of sp³-hybridized carbons (Fsp3) is 0.190. The van der Waals surface area contributed by atoms with Crippen LogP contribution in [-0.2, 0) is 5.75 Å². The molecule has 0 unspecified atom stereocenters. The lowest BCUT2D eigenvalue weighted by molar-refractivity contribution is 0.362. The summed E-state index contributed by atoms with van der Waals surface area (Å²) in [5.41, 5.74) is 2.85. The first kappa shape index (κ1) is 17.5. The van der Waals surface area contributed by atoms with Crippen LogP contribution in [0, 0.1) is 0 Å². The molecule has 4 aromatic rings. The molecule has 5 nitrogen and oxygen atoms in total. The maximum atomic E-state index is 6.10. The minimum atomic E-state index is 0.215. The minimum absolute atomic E-state index is 0.215. The van der Waals surface area contributed by atoms with Gasteiger partial charge in [0, 0.05) is 17.0 Å². The number of thioether (sulfide) groups is 1. The van der Waals surface area contributed by atoms with Gasteiger partial charge in [-0.15, -0.1) is 0 Å². The van der Waals surface area contributed by atoms with E-state index in [-0.39, 0.29) is 5.92 Å². The third-order valence-corrected chi connectivity index (χ3v) is 4.82. The molecule has 0 bridgehead atoms. The van der Waals surface area contributed by atoms with Crippen molar-refractivity contribution < 1.29 is 8.94 Å². The van der Waals surface area contributed by atoms with Gasteiger partial charge in [0.05, 0.1) is 5.75 Å². The van der Waals surface area contributed by atoms with Crippen LogP contribution in [0.15, 0.2) is 74.8 Å². The number of hydrogen-bond donors (Lipinski definition) is 0. The highest BCUT2D eigenvalue weighted by Crippen LogP contribution is 2.36. The lowest BCUT2D eigenvalue weighted by Gasteiger charge is -2.00. The van der Waals surface area contributed by atoms with Gasteiger partial charge >= 0.3 is 0 Å². The Bertz CT molecular complexity index is 953. The van der Waals surface area contributed by atoms with E-state index in [1.54, 1.807) is 0 Å². The molecule has 0 saturated heterocycles. The molecule has 2 aromatic heterocycles. The molecule has 0 aliphatic rings. The Labute approximate surface area is 161 Å². The summed E-state index contributed by atoms with van der Waals surface area (Å²) < 4.78 is 11.4. The molecule has 0 fully saturated rings. The summed E-state index contributed by atoms with van der Waals surface area (Å²) >= 11 is 1.46. The molecule has 0 saturated carbocycles. The van der Waals surface area contributed by atoms with Gasteiger partial charge in [-0.25, -0.2) is 4.98 Å². The third-order valence-electron chi connectivity index (χ3n) is 3.99. The molecule has 0 spiro atoms. The zero-order valence-corrected chi connectivity index (χ0v) is 15.9. The molecule has 0 amide bonds. The van der Waals surface area contributed by atoms with Crippen LogP contribution in [0.1, 0.15) is 31.5 Å². The average Bonchev–Trinajstić information content (AvgIpc) is 3.35. The summed E-state index contributed by atoms with van der Waals surface area (Å²) in [5, 5.41) is 4.61. The van der Waals surface area contributed by atoms with E-state index >= 15 is 0 Å². The average molecular weight is 377 g/mol. The van der Waals surface area contributed by atoms with Gasteiger partial charge in [0.1, 0.15) is 5.69 Å². The fourth-order valence-electron chi connectivity index (χ4n) is 2.63. The predicted octanol–water partition coefficient (Wildman–Crippen LogP) is 5.81. The van der Waals surface area contributed by atoms with Crippen molar-refractivity contribution in [3.05, 3.63) is 72.4 Å². The molecule has 0 N–H and O–H groups in total. The number of rotatable bonds is 6. The first-order chi connectivity index (χ1) is 13.2. The second-order valence-electron chi connectivity index (χ2n) is 6.38. The second kappa shape index (κ2) is 7.80. The number of aromatic nitrogens is 3. The van der Waals surface area contributed by atoms with E-state index < -0.39 is 0 Å². The lowest BCUT2D eigenvalue weighted by atomic mass is 10.1. The molecule has 27 heavy (non-hydrogen) atoms. The smallest absolute Gasteiger partial charge is 0.257 e. The number of nitrogens with zero attached hydrogens (tertiary/aromatic N) is 3. The molecule has 2 aromatic carbocycles. The molecule has 4 rings (SSSR count). The van der Waals surface area contributed by atoms with Crippen LogP contribution in [0.3, 0.4) is 0 Å². The Kier molecular flexibility index (Phi) is 5.07. The molecule has 0 atom stereocenters. The fourth-order valence-corrected chi connectivity index (χ4v) is 3.29.